The molecular formula is C31H38ClNO5. The third kappa shape index (κ3) is 5.57. The van der Waals surface area contributed by atoms with Gasteiger partial charge in [0, 0.05) is 36.1 Å². The fourth-order valence-corrected chi connectivity index (χ4v) is 6.56. The second kappa shape index (κ2) is 11.7. The number of amides is 1. The van der Waals surface area contributed by atoms with Crippen LogP contribution in [0.3, 0.4) is 0 Å². The number of Topliss-reactive ketones (excluding diaryl/α,β-unsaturated/α-hetero) is 1. The van der Waals surface area contributed by atoms with E-state index in [2.05, 4.69) is 4.90 Å². The predicted molar refractivity (Wildman–Crippen MR) is 147 cm³/mol. The van der Waals surface area contributed by atoms with E-state index in [-0.39, 0.29) is 35.9 Å². The molecule has 6 nitrogen and oxygen atoms in total. The number of benzene rings is 2. The van der Waals surface area contributed by atoms with Gasteiger partial charge in [-0.05, 0) is 93.3 Å². The third-order valence-electron chi connectivity index (χ3n) is 8.29. The Bertz CT molecular complexity index is 1150. The number of hydrogen-bond donors (Lipinski definition) is 0. The Kier molecular flexibility index (Phi) is 8.29. The zero-order valence-corrected chi connectivity index (χ0v) is 23.3. The van der Waals surface area contributed by atoms with E-state index in [0.29, 0.717) is 41.9 Å². The number of carbonyl (C=O) groups excluding carboxylic acids is 2. The van der Waals surface area contributed by atoms with E-state index in [0.717, 1.165) is 55.2 Å². The van der Waals surface area contributed by atoms with Crippen LogP contribution in [-0.4, -0.2) is 49.1 Å². The van der Waals surface area contributed by atoms with Gasteiger partial charge < -0.3 is 19.1 Å². The van der Waals surface area contributed by atoms with Crippen molar-refractivity contribution in [3.63, 3.8) is 0 Å². The van der Waals surface area contributed by atoms with Crippen molar-refractivity contribution in [2.75, 3.05) is 20.3 Å². The first-order valence-electron chi connectivity index (χ1n) is 13.9. The molecule has 2 aromatic rings. The molecule has 0 radical (unpaired) electrons. The van der Waals surface area contributed by atoms with Gasteiger partial charge in [0.2, 0.25) is 5.91 Å². The summed E-state index contributed by atoms with van der Waals surface area (Å²) in [4.78, 5) is 29.0. The second-order valence-corrected chi connectivity index (χ2v) is 11.5. The lowest BCUT2D eigenvalue weighted by molar-refractivity contribution is -0.137. The number of ketones is 1. The van der Waals surface area contributed by atoms with Crippen molar-refractivity contribution in [1.82, 2.24) is 4.90 Å². The Labute approximate surface area is 230 Å². The number of hydrogen-bond acceptors (Lipinski definition) is 5. The van der Waals surface area contributed by atoms with Crippen LogP contribution in [0.1, 0.15) is 75.1 Å². The first-order chi connectivity index (χ1) is 18.4. The zero-order chi connectivity index (χ0) is 26.8. The molecule has 0 aromatic heterocycles. The maximum Gasteiger partial charge on any atom is 0.228 e. The Morgan fingerprint density at radius 1 is 0.974 bits per heavy atom. The number of carbonyl (C=O) groups is 2. The summed E-state index contributed by atoms with van der Waals surface area (Å²) in [6.45, 7) is 5.35. The Balaban J connectivity index is 1.45. The first kappa shape index (κ1) is 27.0. The Morgan fingerprint density at radius 3 is 2.26 bits per heavy atom. The molecule has 0 bridgehead atoms. The van der Waals surface area contributed by atoms with Crippen molar-refractivity contribution in [2.24, 2.45) is 11.8 Å². The van der Waals surface area contributed by atoms with Crippen LogP contribution in [0.15, 0.2) is 36.4 Å². The minimum atomic E-state index is -0.253. The van der Waals surface area contributed by atoms with E-state index >= 15 is 0 Å². The van der Waals surface area contributed by atoms with Crippen LogP contribution in [0.25, 0.3) is 0 Å². The van der Waals surface area contributed by atoms with Crippen molar-refractivity contribution in [3.05, 3.63) is 58.1 Å². The van der Waals surface area contributed by atoms with Crippen LogP contribution in [0.2, 0.25) is 5.02 Å². The van der Waals surface area contributed by atoms with Crippen LogP contribution in [0.5, 0.6) is 11.5 Å². The van der Waals surface area contributed by atoms with Crippen molar-refractivity contribution >= 4 is 23.3 Å². The van der Waals surface area contributed by atoms with Gasteiger partial charge in [-0.15, -0.1) is 0 Å². The van der Waals surface area contributed by atoms with Crippen LogP contribution in [0, 0.1) is 11.8 Å². The number of fused-ring (bicyclic) bond motifs is 1. The molecule has 1 saturated carbocycles. The van der Waals surface area contributed by atoms with Crippen LogP contribution in [-0.2, 0) is 20.7 Å². The van der Waals surface area contributed by atoms with E-state index in [1.807, 2.05) is 50.2 Å². The molecule has 38 heavy (non-hydrogen) atoms. The summed E-state index contributed by atoms with van der Waals surface area (Å²) < 4.78 is 17.2. The van der Waals surface area contributed by atoms with Crippen molar-refractivity contribution in [1.29, 1.82) is 0 Å². The summed E-state index contributed by atoms with van der Waals surface area (Å²) >= 11 is 6.24. The molecule has 2 aromatic carbocycles. The van der Waals surface area contributed by atoms with Gasteiger partial charge in [0.05, 0.1) is 25.7 Å². The number of ether oxygens (including phenoxy) is 3. The molecule has 204 valence electrons. The minimum absolute atomic E-state index is 0.0131. The highest BCUT2D eigenvalue weighted by molar-refractivity contribution is 6.30. The molecule has 2 aliphatic heterocycles. The molecule has 1 aliphatic carbocycles. The highest BCUT2D eigenvalue weighted by atomic mass is 35.5. The van der Waals surface area contributed by atoms with Gasteiger partial charge in [-0.25, -0.2) is 0 Å². The number of rotatable bonds is 7. The van der Waals surface area contributed by atoms with Crippen molar-refractivity contribution < 1.29 is 23.8 Å². The second-order valence-electron chi connectivity index (χ2n) is 11.1. The highest BCUT2D eigenvalue weighted by Crippen LogP contribution is 2.45. The lowest BCUT2D eigenvalue weighted by atomic mass is 9.76. The lowest BCUT2D eigenvalue weighted by Gasteiger charge is -2.45. The minimum Gasteiger partial charge on any atom is -0.493 e. The smallest absolute Gasteiger partial charge is 0.228 e. The topological polar surface area (TPSA) is 65.1 Å². The summed E-state index contributed by atoms with van der Waals surface area (Å²) in [7, 11) is 1.63. The summed E-state index contributed by atoms with van der Waals surface area (Å²) in [5, 5.41) is 0.661. The van der Waals surface area contributed by atoms with Crippen LogP contribution < -0.4 is 9.47 Å². The summed E-state index contributed by atoms with van der Waals surface area (Å²) in [6, 6.07) is 11.6. The summed E-state index contributed by atoms with van der Waals surface area (Å²) in [6.07, 6.45) is 5.29. The molecule has 5 rings (SSSR count). The Morgan fingerprint density at radius 2 is 1.63 bits per heavy atom. The van der Waals surface area contributed by atoms with Gasteiger partial charge >= 0.3 is 0 Å². The molecule has 2 fully saturated rings. The maximum absolute atomic E-state index is 13.8. The molecule has 1 atom stereocenters. The van der Waals surface area contributed by atoms with E-state index < -0.39 is 0 Å². The van der Waals surface area contributed by atoms with Crippen LogP contribution in [0.4, 0.5) is 0 Å². The monoisotopic (exact) mass is 539 g/mol. The van der Waals surface area contributed by atoms with Crippen molar-refractivity contribution in [3.8, 4) is 11.5 Å². The van der Waals surface area contributed by atoms with Gasteiger partial charge in [-0.3, -0.25) is 9.59 Å². The molecule has 1 saturated heterocycles. The van der Waals surface area contributed by atoms with E-state index in [1.54, 1.807) is 7.11 Å². The molecule has 1 amide bonds. The summed E-state index contributed by atoms with van der Waals surface area (Å²) in [5.74, 6) is 2.05. The quantitative estimate of drug-likeness (QED) is 0.421. The predicted octanol–water partition coefficient (Wildman–Crippen LogP) is 6.16. The number of methoxy groups -OCH3 is 1. The fraction of sp³-hybridized carbons (Fsp3) is 0.548. The molecule has 0 spiro atoms. The average molecular weight is 540 g/mol. The molecule has 0 unspecified atom stereocenters. The van der Waals surface area contributed by atoms with Gasteiger partial charge in [0.25, 0.3) is 0 Å². The molecule has 3 aliphatic rings. The van der Waals surface area contributed by atoms with E-state index in [4.69, 9.17) is 25.8 Å². The van der Waals surface area contributed by atoms with E-state index in [9.17, 15) is 9.59 Å². The SMILES string of the molecule is COc1cc2c(cc1OC(C)C)[C@@H](c1ccc(Cl)cc1)N([C@H]1CC[C@H](C(=O)C3CCOCC3)CC1)C(=O)C2. The number of halogens is 1. The standard InChI is InChI=1S/C31H38ClNO5/c1-19(2)38-28-18-26-23(16-27(28)36-3)17-29(34)33(30(26)20-4-8-24(32)9-5-20)25-10-6-21(7-11-25)31(35)22-12-14-37-15-13-22/h4-5,8-9,16,18-19,21-22,25,30H,6-7,10-15,17H2,1-3H3/t21-,25-,30-/m1/s1. The van der Waals surface area contributed by atoms with Gasteiger partial charge in [0.1, 0.15) is 5.78 Å². The van der Waals surface area contributed by atoms with Crippen LogP contribution >= 0.6 is 11.6 Å². The van der Waals surface area contributed by atoms with Gasteiger partial charge in [0.15, 0.2) is 11.5 Å². The summed E-state index contributed by atoms with van der Waals surface area (Å²) in [5.41, 5.74) is 3.04. The maximum atomic E-state index is 13.8. The zero-order valence-electron chi connectivity index (χ0n) is 22.6. The molecular weight excluding hydrogens is 502 g/mol. The Hall–Kier alpha value is -2.57. The first-order valence-corrected chi connectivity index (χ1v) is 14.3. The average Bonchev–Trinajstić information content (AvgIpc) is 2.93. The molecule has 0 N–H and O–H groups in total. The van der Waals surface area contributed by atoms with Crippen molar-refractivity contribution in [2.45, 2.75) is 77.0 Å². The van der Waals surface area contributed by atoms with Gasteiger partial charge in [-0.2, -0.15) is 0 Å². The third-order valence-corrected chi connectivity index (χ3v) is 8.54. The lowest BCUT2D eigenvalue weighted by Crippen LogP contribution is -2.49. The molecule has 2 heterocycles. The highest BCUT2D eigenvalue weighted by Gasteiger charge is 2.41. The largest absolute Gasteiger partial charge is 0.493 e. The van der Waals surface area contributed by atoms with Gasteiger partial charge in [-0.1, -0.05) is 23.7 Å². The number of nitrogens with zero attached hydrogens (tertiary/aromatic N) is 1. The van der Waals surface area contributed by atoms with E-state index in [1.165, 1.54) is 0 Å². The molecule has 7 heteroatoms. The normalized spacial score (nSPS) is 24.3. The fourth-order valence-electron chi connectivity index (χ4n) is 6.43.